The van der Waals surface area contributed by atoms with E-state index in [1.807, 2.05) is 20.8 Å². The van der Waals surface area contributed by atoms with Crippen LogP contribution in [0.15, 0.2) is 18.5 Å². The normalized spacial score (nSPS) is 13.2. The van der Waals surface area contributed by atoms with Crippen LogP contribution in [0.5, 0.6) is 5.75 Å². The van der Waals surface area contributed by atoms with Crippen LogP contribution in [-0.2, 0) is 4.74 Å². The molecule has 1 aromatic rings. The topological polar surface area (TPSA) is 48.4 Å². The van der Waals surface area contributed by atoms with E-state index < -0.39 is 6.10 Å². The Kier molecular flexibility index (Phi) is 4.23. The Balaban J connectivity index is 3.02. The summed E-state index contributed by atoms with van der Waals surface area (Å²) in [7, 11) is 3.09. The molecule has 0 amide bonds. The molecule has 0 aliphatic carbocycles. The minimum Gasteiger partial charge on any atom is -0.495 e. The summed E-state index contributed by atoms with van der Waals surface area (Å²) in [6.07, 6.45) is 2.61. The van der Waals surface area contributed by atoms with Crippen LogP contribution in [0.3, 0.4) is 0 Å². The molecule has 0 aliphatic heterocycles. The van der Waals surface area contributed by atoms with Gasteiger partial charge in [-0.25, -0.2) is 0 Å². The summed E-state index contributed by atoms with van der Waals surface area (Å²) in [5.41, 5.74) is 0.251. The van der Waals surface area contributed by atoms with Crippen LogP contribution in [0.1, 0.15) is 31.1 Å². The maximum absolute atomic E-state index is 12.3. The lowest BCUT2D eigenvalue weighted by Crippen LogP contribution is -2.36. The highest BCUT2D eigenvalue weighted by Crippen LogP contribution is 2.25. The van der Waals surface area contributed by atoms with Gasteiger partial charge in [0.1, 0.15) is 11.9 Å². The molecule has 4 heteroatoms. The second kappa shape index (κ2) is 5.27. The third-order valence-corrected chi connectivity index (χ3v) is 2.49. The Hall–Kier alpha value is -1.42. The van der Waals surface area contributed by atoms with E-state index in [1.165, 1.54) is 6.20 Å². The van der Waals surface area contributed by atoms with Gasteiger partial charge in [0.25, 0.3) is 0 Å². The van der Waals surface area contributed by atoms with Crippen molar-refractivity contribution < 1.29 is 14.3 Å². The molecule has 0 bridgehead atoms. The highest BCUT2D eigenvalue weighted by molar-refractivity contribution is 6.00. The van der Waals surface area contributed by atoms with Gasteiger partial charge in [-0.2, -0.15) is 0 Å². The number of Topliss-reactive ketones (excluding diaryl/α,β-unsaturated/α-hetero) is 1. The van der Waals surface area contributed by atoms with Gasteiger partial charge in [0.2, 0.25) is 0 Å². The van der Waals surface area contributed by atoms with E-state index in [0.717, 1.165) is 0 Å². The van der Waals surface area contributed by atoms with Crippen LogP contribution >= 0.6 is 0 Å². The average Bonchev–Trinajstić information content (AvgIpc) is 2.28. The lowest BCUT2D eigenvalue weighted by atomic mass is 9.84. The van der Waals surface area contributed by atoms with Crippen LogP contribution in [0.25, 0.3) is 0 Å². The van der Waals surface area contributed by atoms with Crippen molar-refractivity contribution in [2.75, 3.05) is 14.2 Å². The average molecular weight is 237 g/mol. The van der Waals surface area contributed by atoms with Crippen molar-refractivity contribution in [1.82, 2.24) is 4.98 Å². The van der Waals surface area contributed by atoms with Crippen molar-refractivity contribution in [1.29, 1.82) is 0 Å². The third kappa shape index (κ3) is 3.27. The molecule has 0 aromatic carbocycles. The molecule has 0 saturated carbocycles. The zero-order chi connectivity index (χ0) is 13.1. The van der Waals surface area contributed by atoms with Gasteiger partial charge in [0.05, 0.1) is 13.3 Å². The van der Waals surface area contributed by atoms with Crippen molar-refractivity contribution in [2.45, 2.75) is 26.9 Å². The number of pyridine rings is 1. The van der Waals surface area contributed by atoms with Gasteiger partial charge in [0, 0.05) is 18.9 Å². The Morgan fingerprint density at radius 3 is 2.41 bits per heavy atom. The van der Waals surface area contributed by atoms with E-state index in [1.54, 1.807) is 26.5 Å². The van der Waals surface area contributed by atoms with E-state index in [9.17, 15) is 4.79 Å². The fraction of sp³-hybridized carbons (Fsp3) is 0.538. The molecule has 94 valence electrons. The first-order valence-corrected chi connectivity index (χ1v) is 5.46. The molecule has 4 nitrogen and oxygen atoms in total. The van der Waals surface area contributed by atoms with E-state index >= 15 is 0 Å². The summed E-state index contributed by atoms with van der Waals surface area (Å²) in [4.78, 5) is 16.2. The maximum atomic E-state index is 12.3. The molecule has 0 N–H and O–H groups in total. The molecule has 0 saturated heterocycles. The lowest BCUT2D eigenvalue weighted by molar-refractivity contribution is 0.0195. The van der Waals surface area contributed by atoms with Crippen LogP contribution in [-0.4, -0.2) is 31.1 Å². The standard InChI is InChI=1S/C13H19NO3/c1-13(2,3)12(17-5)11(15)9-6-10(16-4)8-14-7-9/h6-8,12H,1-5H3. The molecule has 17 heavy (non-hydrogen) atoms. The number of methoxy groups -OCH3 is 2. The molecule has 1 unspecified atom stereocenters. The Labute approximate surface area is 102 Å². The summed E-state index contributed by atoms with van der Waals surface area (Å²) in [6, 6.07) is 1.67. The predicted octanol–water partition coefficient (Wildman–Crippen LogP) is 2.33. The fourth-order valence-electron chi connectivity index (χ4n) is 1.67. The largest absolute Gasteiger partial charge is 0.495 e. The third-order valence-electron chi connectivity index (χ3n) is 2.49. The highest BCUT2D eigenvalue weighted by atomic mass is 16.5. The van der Waals surface area contributed by atoms with Gasteiger partial charge in [0.15, 0.2) is 5.78 Å². The van der Waals surface area contributed by atoms with Crippen LogP contribution < -0.4 is 4.74 Å². The SMILES string of the molecule is COc1cncc(C(=O)C(OC)C(C)(C)C)c1. The quantitative estimate of drug-likeness (QED) is 0.754. The van der Waals surface area contributed by atoms with Crippen molar-refractivity contribution in [3.05, 3.63) is 24.0 Å². The summed E-state index contributed by atoms with van der Waals surface area (Å²) in [6.45, 7) is 5.89. The van der Waals surface area contributed by atoms with Crippen LogP contribution in [0, 0.1) is 5.41 Å². The summed E-state index contributed by atoms with van der Waals surface area (Å²) in [5.74, 6) is 0.492. The summed E-state index contributed by atoms with van der Waals surface area (Å²) < 4.78 is 10.3. The molecule has 1 rings (SSSR count). The Morgan fingerprint density at radius 2 is 1.94 bits per heavy atom. The first-order valence-electron chi connectivity index (χ1n) is 5.46. The van der Waals surface area contributed by atoms with Gasteiger partial charge in [-0.15, -0.1) is 0 Å². The number of hydrogen-bond acceptors (Lipinski definition) is 4. The van der Waals surface area contributed by atoms with Crippen molar-refractivity contribution in [3.8, 4) is 5.75 Å². The first kappa shape index (κ1) is 13.6. The summed E-state index contributed by atoms with van der Waals surface area (Å²) in [5, 5.41) is 0. The lowest BCUT2D eigenvalue weighted by Gasteiger charge is -2.27. The zero-order valence-electron chi connectivity index (χ0n) is 11.0. The highest BCUT2D eigenvalue weighted by Gasteiger charge is 2.32. The Bertz CT molecular complexity index is 396. The molecule has 0 aliphatic rings. The minimum atomic E-state index is -0.489. The Morgan fingerprint density at radius 1 is 1.29 bits per heavy atom. The van der Waals surface area contributed by atoms with Gasteiger partial charge in [-0.3, -0.25) is 9.78 Å². The fourth-order valence-corrected chi connectivity index (χ4v) is 1.67. The van der Waals surface area contributed by atoms with Gasteiger partial charge < -0.3 is 9.47 Å². The minimum absolute atomic E-state index is 0.0774. The van der Waals surface area contributed by atoms with E-state index in [2.05, 4.69) is 4.98 Å². The molecular weight excluding hydrogens is 218 g/mol. The smallest absolute Gasteiger partial charge is 0.193 e. The first-order chi connectivity index (χ1) is 7.90. The van der Waals surface area contributed by atoms with Crippen molar-refractivity contribution >= 4 is 5.78 Å². The van der Waals surface area contributed by atoms with Gasteiger partial charge in [-0.05, 0) is 11.5 Å². The van der Waals surface area contributed by atoms with Crippen molar-refractivity contribution in [3.63, 3.8) is 0 Å². The number of ketones is 1. The molecule has 1 atom stereocenters. The number of nitrogens with zero attached hydrogens (tertiary/aromatic N) is 1. The van der Waals surface area contributed by atoms with Gasteiger partial charge >= 0.3 is 0 Å². The number of rotatable bonds is 4. The van der Waals surface area contributed by atoms with E-state index in [0.29, 0.717) is 11.3 Å². The molecule has 0 fully saturated rings. The zero-order valence-corrected chi connectivity index (χ0v) is 11.0. The van der Waals surface area contributed by atoms with Crippen molar-refractivity contribution in [2.24, 2.45) is 5.41 Å². The van der Waals surface area contributed by atoms with Crippen LogP contribution in [0.4, 0.5) is 0 Å². The number of ether oxygens (including phenoxy) is 2. The maximum Gasteiger partial charge on any atom is 0.193 e. The molecule has 1 aromatic heterocycles. The van der Waals surface area contributed by atoms with E-state index in [4.69, 9.17) is 9.47 Å². The number of aromatic nitrogens is 1. The predicted molar refractivity (Wildman–Crippen MR) is 65.4 cm³/mol. The number of carbonyl (C=O) groups excluding carboxylic acids is 1. The van der Waals surface area contributed by atoms with Crippen LogP contribution in [0.2, 0.25) is 0 Å². The monoisotopic (exact) mass is 237 g/mol. The summed E-state index contributed by atoms with van der Waals surface area (Å²) >= 11 is 0. The van der Waals surface area contributed by atoms with Gasteiger partial charge in [-0.1, -0.05) is 20.8 Å². The second-order valence-corrected chi connectivity index (χ2v) is 4.96. The molecule has 0 radical (unpaired) electrons. The number of hydrogen-bond donors (Lipinski definition) is 0. The molecule has 0 spiro atoms. The molecule has 1 heterocycles. The van der Waals surface area contributed by atoms with E-state index in [-0.39, 0.29) is 11.2 Å². The second-order valence-electron chi connectivity index (χ2n) is 4.96. The number of carbonyl (C=O) groups is 1. The molecular formula is C13H19NO3.